The summed E-state index contributed by atoms with van der Waals surface area (Å²) in [6, 6.07) is 14.2. The van der Waals surface area contributed by atoms with E-state index in [-0.39, 0.29) is 24.0 Å². The van der Waals surface area contributed by atoms with Crippen molar-refractivity contribution in [3.63, 3.8) is 0 Å². The summed E-state index contributed by atoms with van der Waals surface area (Å²) < 4.78 is 0. The average Bonchev–Trinajstić information content (AvgIpc) is 3.40. The van der Waals surface area contributed by atoms with E-state index in [1.165, 1.54) is 16.9 Å². The molecule has 2 aromatic rings. The van der Waals surface area contributed by atoms with Crippen molar-refractivity contribution >= 4 is 23.2 Å². The number of hydrogen-bond acceptors (Lipinski definition) is 4. The van der Waals surface area contributed by atoms with Gasteiger partial charge < -0.3 is 15.1 Å². The fraction of sp³-hybridized carbons (Fsp3) is 0.538. The summed E-state index contributed by atoms with van der Waals surface area (Å²) in [7, 11) is 0. The van der Waals surface area contributed by atoms with Gasteiger partial charge in [0.1, 0.15) is 4.88 Å². The zero-order valence-corrected chi connectivity index (χ0v) is 19.7. The SMILES string of the molecule is C[C@@H](CCCc1ccccc1)[C@H](O)CCC1CCC(=O)N1CCCc1ccc(C(=O)O)s1. The summed E-state index contributed by atoms with van der Waals surface area (Å²) in [4.78, 5) is 26.8. The number of carbonyl (C=O) groups excluding carboxylic acids is 1. The lowest BCUT2D eigenvalue weighted by molar-refractivity contribution is -0.129. The highest BCUT2D eigenvalue weighted by Gasteiger charge is 2.31. The molecule has 5 nitrogen and oxygen atoms in total. The summed E-state index contributed by atoms with van der Waals surface area (Å²) in [5.41, 5.74) is 1.34. The molecule has 174 valence electrons. The van der Waals surface area contributed by atoms with Crippen molar-refractivity contribution < 1.29 is 19.8 Å². The van der Waals surface area contributed by atoms with Crippen LogP contribution >= 0.6 is 11.3 Å². The molecule has 6 heteroatoms. The van der Waals surface area contributed by atoms with Gasteiger partial charge in [-0.2, -0.15) is 0 Å². The molecule has 0 radical (unpaired) electrons. The van der Waals surface area contributed by atoms with E-state index < -0.39 is 5.97 Å². The van der Waals surface area contributed by atoms with Gasteiger partial charge in [-0.1, -0.05) is 37.3 Å². The highest BCUT2D eigenvalue weighted by Crippen LogP contribution is 2.26. The summed E-state index contributed by atoms with van der Waals surface area (Å²) in [6.07, 6.45) is 7.45. The Labute approximate surface area is 195 Å². The Morgan fingerprint density at radius 1 is 1.12 bits per heavy atom. The number of aliphatic hydroxyl groups is 1. The van der Waals surface area contributed by atoms with Crippen LogP contribution in [-0.4, -0.2) is 45.7 Å². The van der Waals surface area contributed by atoms with E-state index in [1.54, 1.807) is 6.07 Å². The van der Waals surface area contributed by atoms with Crippen molar-refractivity contribution in [3.05, 3.63) is 57.8 Å². The molecule has 1 saturated heterocycles. The lowest BCUT2D eigenvalue weighted by Crippen LogP contribution is -2.35. The van der Waals surface area contributed by atoms with Gasteiger partial charge in [0.05, 0.1) is 6.10 Å². The third-order valence-electron chi connectivity index (χ3n) is 6.57. The second-order valence-electron chi connectivity index (χ2n) is 8.95. The highest BCUT2D eigenvalue weighted by atomic mass is 32.1. The van der Waals surface area contributed by atoms with Gasteiger partial charge in [-0.05, 0) is 75.0 Å². The van der Waals surface area contributed by atoms with Crippen LogP contribution in [0.25, 0.3) is 0 Å². The molecule has 1 amide bonds. The van der Waals surface area contributed by atoms with Gasteiger partial charge in [-0.3, -0.25) is 4.79 Å². The lowest BCUT2D eigenvalue weighted by Gasteiger charge is -2.27. The van der Waals surface area contributed by atoms with Crippen molar-refractivity contribution in [3.8, 4) is 0 Å². The summed E-state index contributed by atoms with van der Waals surface area (Å²) in [6.45, 7) is 2.83. The lowest BCUT2D eigenvalue weighted by atomic mass is 9.92. The summed E-state index contributed by atoms with van der Waals surface area (Å²) >= 11 is 1.31. The van der Waals surface area contributed by atoms with E-state index in [9.17, 15) is 14.7 Å². The first-order valence-electron chi connectivity index (χ1n) is 11.8. The molecule has 0 spiro atoms. The number of amides is 1. The molecule has 1 unspecified atom stereocenters. The zero-order valence-electron chi connectivity index (χ0n) is 18.9. The summed E-state index contributed by atoms with van der Waals surface area (Å²) in [5, 5.41) is 19.7. The van der Waals surface area contributed by atoms with E-state index in [1.807, 2.05) is 17.0 Å². The molecule has 0 saturated carbocycles. The van der Waals surface area contributed by atoms with Gasteiger partial charge in [-0.15, -0.1) is 11.3 Å². The van der Waals surface area contributed by atoms with Gasteiger partial charge in [0, 0.05) is 23.9 Å². The highest BCUT2D eigenvalue weighted by molar-refractivity contribution is 7.13. The molecular weight excluding hydrogens is 422 g/mol. The van der Waals surface area contributed by atoms with Gasteiger partial charge >= 0.3 is 5.97 Å². The van der Waals surface area contributed by atoms with Crippen LogP contribution in [0.4, 0.5) is 0 Å². The number of carboxylic acid groups (broad SMARTS) is 1. The van der Waals surface area contributed by atoms with E-state index in [0.29, 0.717) is 17.8 Å². The van der Waals surface area contributed by atoms with E-state index in [4.69, 9.17) is 5.11 Å². The number of aliphatic hydroxyl groups excluding tert-OH is 1. The molecule has 1 fully saturated rings. The Balaban J connectivity index is 1.37. The predicted octanol–water partition coefficient (Wildman–Crippen LogP) is 5.17. The average molecular weight is 458 g/mol. The van der Waals surface area contributed by atoms with Crippen molar-refractivity contribution in [1.82, 2.24) is 4.90 Å². The fourth-order valence-corrected chi connectivity index (χ4v) is 5.45. The van der Waals surface area contributed by atoms with Crippen LogP contribution in [-0.2, 0) is 17.6 Å². The molecular formula is C26H35NO4S. The Kier molecular flexibility index (Phi) is 9.30. The quantitative estimate of drug-likeness (QED) is 0.435. The van der Waals surface area contributed by atoms with Crippen LogP contribution in [0, 0.1) is 5.92 Å². The zero-order chi connectivity index (χ0) is 22.9. The molecule has 1 aromatic heterocycles. The van der Waals surface area contributed by atoms with Crippen molar-refractivity contribution in [1.29, 1.82) is 0 Å². The van der Waals surface area contributed by atoms with Crippen LogP contribution < -0.4 is 0 Å². The predicted molar refractivity (Wildman–Crippen MR) is 128 cm³/mol. The number of rotatable bonds is 13. The van der Waals surface area contributed by atoms with Gasteiger partial charge in [0.15, 0.2) is 0 Å². The van der Waals surface area contributed by atoms with Crippen molar-refractivity contribution in [2.75, 3.05) is 6.54 Å². The number of aromatic carboxylic acids is 1. The first-order valence-corrected chi connectivity index (χ1v) is 12.6. The molecule has 0 aliphatic carbocycles. The van der Waals surface area contributed by atoms with Gasteiger partial charge in [0.25, 0.3) is 0 Å². The minimum absolute atomic E-state index is 0.206. The Morgan fingerprint density at radius 3 is 2.62 bits per heavy atom. The van der Waals surface area contributed by atoms with Crippen molar-refractivity contribution in [2.45, 2.75) is 76.9 Å². The Hall–Kier alpha value is -2.18. The second kappa shape index (κ2) is 12.2. The number of carboxylic acids is 1. The first-order chi connectivity index (χ1) is 15.4. The van der Waals surface area contributed by atoms with Crippen LogP contribution in [0.2, 0.25) is 0 Å². The van der Waals surface area contributed by atoms with E-state index >= 15 is 0 Å². The van der Waals surface area contributed by atoms with Crippen LogP contribution in [0.1, 0.15) is 72.0 Å². The third kappa shape index (κ3) is 7.17. The second-order valence-corrected chi connectivity index (χ2v) is 10.1. The Bertz CT molecular complexity index is 866. The van der Waals surface area contributed by atoms with E-state index in [0.717, 1.165) is 56.2 Å². The number of nitrogens with zero attached hydrogens (tertiary/aromatic N) is 1. The van der Waals surface area contributed by atoms with Crippen LogP contribution in [0.15, 0.2) is 42.5 Å². The Morgan fingerprint density at radius 2 is 1.91 bits per heavy atom. The normalized spacial score (nSPS) is 18.1. The molecule has 32 heavy (non-hydrogen) atoms. The van der Waals surface area contributed by atoms with Gasteiger partial charge in [-0.25, -0.2) is 4.79 Å². The molecule has 2 N–H and O–H groups in total. The van der Waals surface area contributed by atoms with Crippen LogP contribution in [0.5, 0.6) is 0 Å². The molecule has 2 heterocycles. The molecule has 0 bridgehead atoms. The van der Waals surface area contributed by atoms with E-state index in [2.05, 4.69) is 31.2 Å². The monoisotopic (exact) mass is 457 g/mol. The topological polar surface area (TPSA) is 77.8 Å². The molecule has 3 atom stereocenters. The standard InChI is InChI=1S/C26H35NO4S/c1-19(7-5-10-20-8-3-2-4-9-20)23(28)15-12-21-13-17-25(29)27(21)18-6-11-22-14-16-24(32-22)26(30)31/h2-4,8-9,14,16,19,21,23,28H,5-7,10-13,15,17-18H2,1H3,(H,30,31)/t19-,21?,23+/m0/s1. The smallest absolute Gasteiger partial charge is 0.345 e. The molecule has 3 rings (SSSR count). The maximum absolute atomic E-state index is 12.4. The molecule has 1 aromatic carbocycles. The number of carbonyl (C=O) groups is 2. The molecule has 1 aliphatic rings. The van der Waals surface area contributed by atoms with Crippen LogP contribution in [0.3, 0.4) is 0 Å². The third-order valence-corrected chi connectivity index (χ3v) is 7.70. The number of thiophene rings is 1. The minimum atomic E-state index is -0.885. The first kappa shape index (κ1) is 24.5. The van der Waals surface area contributed by atoms with Crippen molar-refractivity contribution in [2.24, 2.45) is 5.92 Å². The maximum atomic E-state index is 12.4. The largest absolute Gasteiger partial charge is 0.477 e. The number of hydrogen-bond donors (Lipinski definition) is 2. The number of benzene rings is 1. The summed E-state index contributed by atoms with van der Waals surface area (Å²) in [5.74, 6) is -0.423. The number of likely N-dealkylation sites (tertiary alicyclic amines) is 1. The molecule has 1 aliphatic heterocycles. The maximum Gasteiger partial charge on any atom is 0.345 e. The van der Waals surface area contributed by atoms with Gasteiger partial charge in [0.2, 0.25) is 5.91 Å². The number of aryl methyl sites for hydroxylation is 2. The minimum Gasteiger partial charge on any atom is -0.477 e. The fourth-order valence-electron chi connectivity index (χ4n) is 4.56.